The predicted octanol–water partition coefficient (Wildman–Crippen LogP) is 4.07. The number of aliphatic hydroxyl groups excluding tert-OH is 2. The van der Waals surface area contributed by atoms with E-state index in [0.717, 1.165) is 51.4 Å². The molecular formula is C20H34O4. The van der Waals surface area contributed by atoms with Crippen molar-refractivity contribution < 1.29 is 20.1 Å². The van der Waals surface area contributed by atoms with Crippen molar-refractivity contribution in [3.8, 4) is 0 Å². The minimum atomic E-state index is -0.752. The first kappa shape index (κ1) is 20.9. The van der Waals surface area contributed by atoms with Gasteiger partial charge < -0.3 is 15.3 Å². The van der Waals surface area contributed by atoms with E-state index in [0.29, 0.717) is 12.3 Å². The summed E-state index contributed by atoms with van der Waals surface area (Å²) < 4.78 is 0. The predicted molar refractivity (Wildman–Crippen MR) is 96.8 cm³/mol. The lowest BCUT2D eigenvalue weighted by Crippen LogP contribution is -2.17. The zero-order valence-electron chi connectivity index (χ0n) is 14.9. The van der Waals surface area contributed by atoms with Crippen LogP contribution in [-0.2, 0) is 4.79 Å². The molecule has 24 heavy (non-hydrogen) atoms. The molecule has 0 aromatic heterocycles. The molecule has 1 rings (SSSR count). The van der Waals surface area contributed by atoms with E-state index in [1.165, 1.54) is 0 Å². The maximum atomic E-state index is 10.5. The van der Waals surface area contributed by atoms with Crippen molar-refractivity contribution in [3.05, 3.63) is 24.3 Å². The van der Waals surface area contributed by atoms with Crippen LogP contribution in [-0.4, -0.2) is 33.5 Å². The number of rotatable bonds is 12. The van der Waals surface area contributed by atoms with Gasteiger partial charge >= 0.3 is 5.97 Å². The standard InChI is InChI=1S/C20H34O4/c1-2-3-6-9-17(21)14-12-16-13-15-19(22)18(16)10-7-4-5-8-11-20(23)24/h4,7,12,14,16-19,21-22H,2-3,5-6,8-11,13,15H2,1H3,(H,23,24)/b7-4+,14-12+/t16?,17?,18?,19-/m1/s1. The average Bonchev–Trinajstić information content (AvgIpc) is 2.89. The second kappa shape index (κ2) is 12.3. The molecular weight excluding hydrogens is 304 g/mol. The van der Waals surface area contributed by atoms with Gasteiger partial charge in [0.1, 0.15) is 0 Å². The van der Waals surface area contributed by atoms with E-state index in [1.54, 1.807) is 0 Å². The summed E-state index contributed by atoms with van der Waals surface area (Å²) in [6, 6.07) is 0. The SMILES string of the molecule is CCCCCC(O)/C=C/C1CC[C@@H](O)C1C/C=C/CCCC(=O)O. The number of hydrogen-bond acceptors (Lipinski definition) is 3. The van der Waals surface area contributed by atoms with Gasteiger partial charge in [0, 0.05) is 6.42 Å². The van der Waals surface area contributed by atoms with Crippen molar-refractivity contribution >= 4 is 5.97 Å². The molecule has 0 radical (unpaired) electrons. The number of unbranched alkanes of at least 4 members (excludes halogenated alkanes) is 3. The summed E-state index contributed by atoms with van der Waals surface area (Å²) in [7, 11) is 0. The number of allylic oxidation sites excluding steroid dienone is 3. The van der Waals surface area contributed by atoms with E-state index >= 15 is 0 Å². The van der Waals surface area contributed by atoms with Crippen molar-refractivity contribution in [1.82, 2.24) is 0 Å². The Labute approximate surface area is 146 Å². The summed E-state index contributed by atoms with van der Waals surface area (Å²) in [4.78, 5) is 10.5. The Morgan fingerprint density at radius 1 is 1.21 bits per heavy atom. The fourth-order valence-electron chi connectivity index (χ4n) is 3.36. The Bertz CT molecular complexity index is 402. The maximum absolute atomic E-state index is 10.5. The first-order valence-electron chi connectivity index (χ1n) is 9.45. The van der Waals surface area contributed by atoms with Gasteiger partial charge in [-0.2, -0.15) is 0 Å². The van der Waals surface area contributed by atoms with E-state index in [4.69, 9.17) is 5.11 Å². The van der Waals surface area contributed by atoms with Gasteiger partial charge in [0.25, 0.3) is 0 Å². The highest BCUT2D eigenvalue weighted by Gasteiger charge is 2.32. The molecule has 3 N–H and O–H groups in total. The number of aliphatic hydroxyl groups is 2. The lowest BCUT2D eigenvalue weighted by Gasteiger charge is -2.18. The summed E-state index contributed by atoms with van der Waals surface area (Å²) >= 11 is 0. The molecule has 4 nitrogen and oxygen atoms in total. The van der Waals surface area contributed by atoms with Crippen molar-refractivity contribution in [2.75, 3.05) is 0 Å². The minimum absolute atomic E-state index is 0.206. The fraction of sp³-hybridized carbons (Fsp3) is 0.750. The van der Waals surface area contributed by atoms with Gasteiger partial charge in [-0.1, -0.05) is 50.5 Å². The van der Waals surface area contributed by atoms with Crippen LogP contribution in [0.15, 0.2) is 24.3 Å². The average molecular weight is 338 g/mol. The van der Waals surface area contributed by atoms with Crippen molar-refractivity contribution in [2.45, 2.75) is 83.3 Å². The van der Waals surface area contributed by atoms with Gasteiger partial charge in [0.2, 0.25) is 0 Å². The molecule has 1 aliphatic rings. The lowest BCUT2D eigenvalue weighted by molar-refractivity contribution is -0.137. The van der Waals surface area contributed by atoms with Crippen LogP contribution in [0.1, 0.15) is 71.1 Å². The highest BCUT2D eigenvalue weighted by molar-refractivity contribution is 5.66. The summed E-state index contributed by atoms with van der Waals surface area (Å²) in [5, 5.41) is 28.8. The van der Waals surface area contributed by atoms with Crippen LogP contribution in [0.25, 0.3) is 0 Å². The zero-order valence-corrected chi connectivity index (χ0v) is 14.9. The summed E-state index contributed by atoms with van der Waals surface area (Å²) in [6.07, 6.45) is 15.9. The number of carboxylic acid groups (broad SMARTS) is 1. The summed E-state index contributed by atoms with van der Waals surface area (Å²) in [6.45, 7) is 2.15. The largest absolute Gasteiger partial charge is 0.481 e. The summed E-state index contributed by atoms with van der Waals surface area (Å²) in [5.41, 5.74) is 0. The zero-order chi connectivity index (χ0) is 17.8. The van der Waals surface area contributed by atoms with Crippen LogP contribution < -0.4 is 0 Å². The molecule has 0 heterocycles. The Morgan fingerprint density at radius 3 is 2.71 bits per heavy atom. The molecule has 0 amide bonds. The second-order valence-corrected chi connectivity index (χ2v) is 6.91. The quantitative estimate of drug-likeness (QED) is 0.370. The molecule has 4 heteroatoms. The Hall–Kier alpha value is -1.13. The van der Waals surface area contributed by atoms with Crippen molar-refractivity contribution in [1.29, 1.82) is 0 Å². The molecule has 0 aromatic carbocycles. The highest BCUT2D eigenvalue weighted by Crippen LogP contribution is 2.36. The minimum Gasteiger partial charge on any atom is -0.481 e. The molecule has 138 valence electrons. The number of carbonyl (C=O) groups is 1. The van der Waals surface area contributed by atoms with Crippen molar-refractivity contribution in [3.63, 3.8) is 0 Å². The Morgan fingerprint density at radius 2 is 2.00 bits per heavy atom. The molecule has 0 spiro atoms. The molecule has 0 bridgehead atoms. The molecule has 0 saturated heterocycles. The van der Waals surface area contributed by atoms with Gasteiger partial charge in [-0.05, 0) is 50.4 Å². The molecule has 1 aliphatic carbocycles. The van der Waals surface area contributed by atoms with Crippen LogP contribution in [0.5, 0.6) is 0 Å². The first-order chi connectivity index (χ1) is 11.5. The number of aliphatic carboxylic acids is 1. The van der Waals surface area contributed by atoms with Crippen LogP contribution in [0.3, 0.4) is 0 Å². The Kier molecular flexibility index (Phi) is 10.7. The Balaban J connectivity index is 2.35. The fourth-order valence-corrected chi connectivity index (χ4v) is 3.36. The monoisotopic (exact) mass is 338 g/mol. The van der Waals surface area contributed by atoms with Crippen LogP contribution in [0, 0.1) is 11.8 Å². The summed E-state index contributed by atoms with van der Waals surface area (Å²) in [5.74, 6) is -0.221. The van der Waals surface area contributed by atoms with Crippen LogP contribution in [0.2, 0.25) is 0 Å². The molecule has 3 unspecified atom stereocenters. The van der Waals surface area contributed by atoms with Gasteiger partial charge in [0.15, 0.2) is 0 Å². The van der Waals surface area contributed by atoms with Crippen molar-refractivity contribution in [2.24, 2.45) is 11.8 Å². The topological polar surface area (TPSA) is 77.8 Å². The first-order valence-corrected chi connectivity index (χ1v) is 9.45. The van der Waals surface area contributed by atoms with Crippen LogP contribution >= 0.6 is 0 Å². The molecule has 4 atom stereocenters. The van der Waals surface area contributed by atoms with E-state index in [2.05, 4.69) is 19.1 Å². The van der Waals surface area contributed by atoms with E-state index < -0.39 is 5.97 Å². The molecule has 1 fully saturated rings. The van der Waals surface area contributed by atoms with Gasteiger partial charge in [-0.3, -0.25) is 4.79 Å². The van der Waals surface area contributed by atoms with Gasteiger partial charge in [-0.15, -0.1) is 0 Å². The molecule has 1 saturated carbocycles. The smallest absolute Gasteiger partial charge is 0.303 e. The lowest BCUT2D eigenvalue weighted by atomic mass is 9.90. The third kappa shape index (κ3) is 8.65. The number of hydrogen-bond donors (Lipinski definition) is 3. The highest BCUT2D eigenvalue weighted by atomic mass is 16.4. The third-order valence-corrected chi connectivity index (χ3v) is 4.86. The van der Waals surface area contributed by atoms with Gasteiger partial charge in [0.05, 0.1) is 12.2 Å². The normalized spacial score (nSPS) is 25.7. The van der Waals surface area contributed by atoms with Crippen LogP contribution in [0.4, 0.5) is 0 Å². The molecule has 0 aliphatic heterocycles. The van der Waals surface area contributed by atoms with E-state index in [1.807, 2.05) is 12.2 Å². The molecule has 0 aromatic rings. The second-order valence-electron chi connectivity index (χ2n) is 6.91. The van der Waals surface area contributed by atoms with E-state index in [9.17, 15) is 15.0 Å². The van der Waals surface area contributed by atoms with E-state index in [-0.39, 0.29) is 24.5 Å². The third-order valence-electron chi connectivity index (χ3n) is 4.86. The number of carboxylic acids is 1. The van der Waals surface area contributed by atoms with Gasteiger partial charge in [-0.25, -0.2) is 0 Å². The maximum Gasteiger partial charge on any atom is 0.303 e.